The molecular formula is C12H16BrNS. The molecule has 0 amide bonds. The minimum absolute atomic E-state index is 0.847. The summed E-state index contributed by atoms with van der Waals surface area (Å²) in [7, 11) is 0. The van der Waals surface area contributed by atoms with Crippen LogP contribution < -0.4 is 5.73 Å². The summed E-state index contributed by atoms with van der Waals surface area (Å²) < 4.78 is 0.997. The second kappa shape index (κ2) is 5.26. The number of halogens is 1. The van der Waals surface area contributed by atoms with Crippen molar-refractivity contribution >= 4 is 33.4 Å². The highest BCUT2D eigenvalue weighted by molar-refractivity contribution is 9.10. The van der Waals surface area contributed by atoms with Crippen molar-refractivity contribution in [2.45, 2.75) is 36.7 Å². The fraction of sp³-hybridized carbons (Fsp3) is 0.500. The molecule has 1 aliphatic rings. The molecule has 0 bridgehead atoms. The molecule has 1 saturated carbocycles. The molecule has 3 heteroatoms. The van der Waals surface area contributed by atoms with Crippen LogP contribution in [0.2, 0.25) is 0 Å². The van der Waals surface area contributed by atoms with Crippen LogP contribution in [0.3, 0.4) is 0 Å². The van der Waals surface area contributed by atoms with E-state index in [4.69, 9.17) is 5.73 Å². The van der Waals surface area contributed by atoms with Gasteiger partial charge in [0.15, 0.2) is 0 Å². The quantitative estimate of drug-likeness (QED) is 0.842. The van der Waals surface area contributed by atoms with E-state index in [-0.39, 0.29) is 0 Å². The predicted molar refractivity (Wildman–Crippen MR) is 72.1 cm³/mol. The first kappa shape index (κ1) is 11.3. The molecular weight excluding hydrogens is 270 g/mol. The molecule has 15 heavy (non-hydrogen) atoms. The SMILES string of the molecule is Nc1cc(CSC2CCCC2)ccc1Br. The molecule has 1 fully saturated rings. The van der Waals surface area contributed by atoms with Gasteiger partial charge in [-0.05, 0) is 46.5 Å². The Hall–Kier alpha value is -0.150. The van der Waals surface area contributed by atoms with E-state index in [1.165, 1.54) is 31.2 Å². The van der Waals surface area contributed by atoms with Crippen LogP contribution in [0.1, 0.15) is 31.2 Å². The van der Waals surface area contributed by atoms with Crippen LogP contribution in [0.4, 0.5) is 5.69 Å². The average molecular weight is 286 g/mol. The largest absolute Gasteiger partial charge is 0.398 e. The molecule has 0 unspecified atom stereocenters. The minimum atomic E-state index is 0.847. The average Bonchev–Trinajstić information content (AvgIpc) is 2.73. The van der Waals surface area contributed by atoms with Gasteiger partial charge in [0, 0.05) is 21.2 Å². The van der Waals surface area contributed by atoms with Crippen LogP contribution in [0.25, 0.3) is 0 Å². The zero-order valence-corrected chi connectivity index (χ0v) is 11.1. The first-order valence-corrected chi connectivity index (χ1v) is 7.25. The smallest absolute Gasteiger partial charge is 0.0461 e. The number of nitrogen functional groups attached to an aromatic ring is 1. The molecule has 1 aromatic rings. The van der Waals surface area contributed by atoms with Crippen molar-refractivity contribution in [1.82, 2.24) is 0 Å². The van der Waals surface area contributed by atoms with Gasteiger partial charge < -0.3 is 5.73 Å². The van der Waals surface area contributed by atoms with Crippen LogP contribution in [0, 0.1) is 0 Å². The Bertz CT molecular complexity index is 334. The first-order valence-electron chi connectivity index (χ1n) is 5.41. The molecule has 2 N–H and O–H groups in total. The molecule has 0 radical (unpaired) electrons. The Balaban J connectivity index is 1.90. The molecule has 1 nitrogen and oxygen atoms in total. The maximum Gasteiger partial charge on any atom is 0.0461 e. The minimum Gasteiger partial charge on any atom is -0.398 e. The van der Waals surface area contributed by atoms with Crippen molar-refractivity contribution in [2.75, 3.05) is 5.73 Å². The summed E-state index contributed by atoms with van der Waals surface area (Å²) in [6, 6.07) is 6.27. The lowest BCUT2D eigenvalue weighted by Crippen LogP contribution is -1.95. The topological polar surface area (TPSA) is 26.0 Å². The fourth-order valence-corrected chi connectivity index (χ4v) is 3.47. The highest BCUT2D eigenvalue weighted by Crippen LogP contribution is 2.32. The highest BCUT2D eigenvalue weighted by Gasteiger charge is 2.15. The number of benzene rings is 1. The fourth-order valence-electron chi connectivity index (χ4n) is 1.95. The number of hydrogen-bond acceptors (Lipinski definition) is 2. The van der Waals surface area contributed by atoms with Crippen molar-refractivity contribution in [3.63, 3.8) is 0 Å². The summed E-state index contributed by atoms with van der Waals surface area (Å²) in [5.41, 5.74) is 8.04. The predicted octanol–water partition coefficient (Wildman–Crippen LogP) is 4.21. The van der Waals surface area contributed by atoms with Crippen LogP contribution in [0.5, 0.6) is 0 Å². The van der Waals surface area contributed by atoms with E-state index in [0.29, 0.717) is 0 Å². The van der Waals surface area contributed by atoms with Crippen LogP contribution in [-0.4, -0.2) is 5.25 Å². The number of hydrogen-bond donors (Lipinski definition) is 1. The summed E-state index contributed by atoms with van der Waals surface area (Å²) in [4.78, 5) is 0. The molecule has 0 spiro atoms. The molecule has 1 aromatic carbocycles. The molecule has 82 valence electrons. The summed E-state index contributed by atoms with van der Waals surface area (Å²) in [6.45, 7) is 0. The van der Waals surface area contributed by atoms with Crippen LogP contribution in [0.15, 0.2) is 22.7 Å². The lowest BCUT2D eigenvalue weighted by atomic mass is 10.2. The maximum absolute atomic E-state index is 5.85. The van der Waals surface area contributed by atoms with E-state index < -0.39 is 0 Å². The highest BCUT2D eigenvalue weighted by atomic mass is 79.9. The van der Waals surface area contributed by atoms with E-state index >= 15 is 0 Å². The number of thioether (sulfide) groups is 1. The Labute approximate surface area is 104 Å². The van der Waals surface area contributed by atoms with Crippen molar-refractivity contribution in [2.24, 2.45) is 0 Å². The van der Waals surface area contributed by atoms with Gasteiger partial charge in [-0.25, -0.2) is 0 Å². The van der Waals surface area contributed by atoms with E-state index in [2.05, 4.69) is 39.8 Å². The van der Waals surface area contributed by atoms with E-state index in [9.17, 15) is 0 Å². The third-order valence-electron chi connectivity index (χ3n) is 2.85. The third-order valence-corrected chi connectivity index (χ3v) is 5.01. The van der Waals surface area contributed by atoms with Crippen molar-refractivity contribution in [3.8, 4) is 0 Å². The van der Waals surface area contributed by atoms with Crippen molar-refractivity contribution in [3.05, 3.63) is 28.2 Å². The van der Waals surface area contributed by atoms with Crippen LogP contribution >= 0.6 is 27.7 Å². The van der Waals surface area contributed by atoms with Gasteiger partial charge in [-0.3, -0.25) is 0 Å². The van der Waals surface area contributed by atoms with Gasteiger partial charge in [-0.2, -0.15) is 11.8 Å². The number of anilines is 1. The second-order valence-corrected chi connectivity index (χ2v) is 6.22. The van der Waals surface area contributed by atoms with Gasteiger partial charge >= 0.3 is 0 Å². The Morgan fingerprint density at radius 1 is 1.33 bits per heavy atom. The zero-order valence-electron chi connectivity index (χ0n) is 8.71. The first-order chi connectivity index (χ1) is 7.25. The standard InChI is InChI=1S/C12H16BrNS/c13-11-6-5-9(7-12(11)14)8-15-10-3-1-2-4-10/h5-7,10H,1-4,8,14H2. The lowest BCUT2D eigenvalue weighted by molar-refractivity contribution is 0.886. The van der Waals surface area contributed by atoms with Gasteiger partial charge in [0.1, 0.15) is 0 Å². The monoisotopic (exact) mass is 285 g/mol. The second-order valence-electron chi connectivity index (χ2n) is 4.07. The summed E-state index contributed by atoms with van der Waals surface area (Å²) in [5, 5.41) is 0.884. The summed E-state index contributed by atoms with van der Waals surface area (Å²) in [6.07, 6.45) is 5.63. The normalized spacial score (nSPS) is 17.1. The van der Waals surface area contributed by atoms with Crippen LogP contribution in [-0.2, 0) is 5.75 Å². The molecule has 0 saturated heterocycles. The molecule has 1 aliphatic carbocycles. The Morgan fingerprint density at radius 2 is 2.07 bits per heavy atom. The number of nitrogens with two attached hydrogens (primary N) is 1. The lowest BCUT2D eigenvalue weighted by Gasteiger charge is -2.09. The van der Waals surface area contributed by atoms with E-state index in [1.54, 1.807) is 0 Å². The van der Waals surface area contributed by atoms with Crippen molar-refractivity contribution in [1.29, 1.82) is 0 Å². The molecule has 0 aliphatic heterocycles. The summed E-state index contributed by atoms with van der Waals surface area (Å²) >= 11 is 5.50. The third kappa shape index (κ3) is 3.15. The Kier molecular flexibility index (Phi) is 3.98. The van der Waals surface area contributed by atoms with Gasteiger partial charge in [-0.15, -0.1) is 0 Å². The van der Waals surface area contributed by atoms with Gasteiger partial charge in [0.05, 0.1) is 0 Å². The molecule has 2 rings (SSSR count). The van der Waals surface area contributed by atoms with Gasteiger partial charge in [0.2, 0.25) is 0 Å². The maximum atomic E-state index is 5.85. The van der Waals surface area contributed by atoms with Crippen molar-refractivity contribution < 1.29 is 0 Å². The Morgan fingerprint density at radius 3 is 2.73 bits per heavy atom. The van der Waals surface area contributed by atoms with Gasteiger partial charge in [-0.1, -0.05) is 18.9 Å². The van der Waals surface area contributed by atoms with E-state index in [1.807, 2.05) is 6.07 Å². The molecule has 0 heterocycles. The molecule has 0 aromatic heterocycles. The summed E-state index contributed by atoms with van der Waals surface area (Å²) in [5.74, 6) is 1.10. The van der Waals surface area contributed by atoms with E-state index in [0.717, 1.165) is 21.2 Å². The number of rotatable bonds is 3. The zero-order chi connectivity index (χ0) is 10.7. The van der Waals surface area contributed by atoms with Gasteiger partial charge in [0.25, 0.3) is 0 Å². The molecule has 0 atom stereocenters.